The summed E-state index contributed by atoms with van der Waals surface area (Å²) in [5, 5.41) is 16.6. The quantitative estimate of drug-likeness (QED) is 0.423. The minimum absolute atomic E-state index is 0.0398. The lowest BCUT2D eigenvalue weighted by molar-refractivity contribution is 0.102. The molecule has 3 heterocycles. The molecule has 3 aromatic rings. The summed E-state index contributed by atoms with van der Waals surface area (Å²) in [6.45, 7) is 5.74. The van der Waals surface area contributed by atoms with Gasteiger partial charge in [-0.1, -0.05) is 17.7 Å². The van der Waals surface area contributed by atoms with Gasteiger partial charge >= 0.3 is 0 Å². The van der Waals surface area contributed by atoms with Crippen LogP contribution in [0.5, 0.6) is 5.75 Å². The molecule has 0 atom stereocenters. The number of phenolic OH excluding ortho intramolecular Hbond substituents is 1. The Morgan fingerprint density at radius 1 is 0.806 bits per heavy atom. The molecule has 0 aliphatic carbocycles. The lowest BCUT2D eigenvalue weighted by atomic mass is 10.1. The first-order chi connectivity index (χ1) is 17.5. The van der Waals surface area contributed by atoms with E-state index in [2.05, 4.69) is 20.4 Å². The molecule has 0 radical (unpaired) electrons. The minimum atomic E-state index is -0.277. The Morgan fingerprint density at radius 2 is 1.39 bits per heavy atom. The second-order valence-electron chi connectivity index (χ2n) is 9.53. The first-order valence-corrected chi connectivity index (χ1v) is 12.8. The van der Waals surface area contributed by atoms with Gasteiger partial charge in [0.1, 0.15) is 5.75 Å². The highest BCUT2D eigenvalue weighted by molar-refractivity contribution is 6.05. The number of rotatable bonds is 6. The molecule has 5 rings (SSSR count). The van der Waals surface area contributed by atoms with Crippen LogP contribution < -0.4 is 20.4 Å². The molecule has 1 amide bonds. The molecule has 2 aromatic carbocycles. The number of aromatic hydroxyl groups is 1. The topological polar surface area (TPSA) is 107 Å². The molecular formula is C27H33N7O2. The highest BCUT2D eigenvalue weighted by Gasteiger charge is 2.20. The van der Waals surface area contributed by atoms with Crippen molar-refractivity contribution in [1.82, 2.24) is 15.0 Å². The van der Waals surface area contributed by atoms with Crippen LogP contribution >= 0.6 is 0 Å². The predicted molar refractivity (Wildman–Crippen MR) is 142 cm³/mol. The van der Waals surface area contributed by atoms with Crippen molar-refractivity contribution in [3.05, 3.63) is 53.6 Å². The van der Waals surface area contributed by atoms with Crippen molar-refractivity contribution < 1.29 is 9.90 Å². The number of amides is 1. The molecule has 0 saturated carbocycles. The zero-order chi connectivity index (χ0) is 24.9. The van der Waals surface area contributed by atoms with Crippen LogP contribution in [0.2, 0.25) is 0 Å². The molecule has 1 aromatic heterocycles. The van der Waals surface area contributed by atoms with Crippen molar-refractivity contribution in [2.45, 2.75) is 45.4 Å². The first kappa shape index (κ1) is 23.8. The van der Waals surface area contributed by atoms with Gasteiger partial charge in [-0.25, -0.2) is 0 Å². The Bertz CT molecular complexity index is 1170. The van der Waals surface area contributed by atoms with Crippen molar-refractivity contribution >= 4 is 35.1 Å². The second kappa shape index (κ2) is 10.8. The van der Waals surface area contributed by atoms with Crippen molar-refractivity contribution in [1.29, 1.82) is 0 Å². The van der Waals surface area contributed by atoms with E-state index >= 15 is 0 Å². The SMILES string of the molecule is Cc1ccc(C(=O)Nc2ccc(Nc3nc(N4CCCCC4)nc(N4CCCCC4)n3)cc2O)cc1. The van der Waals surface area contributed by atoms with Crippen LogP contribution in [0.1, 0.15) is 54.4 Å². The molecule has 2 fully saturated rings. The van der Waals surface area contributed by atoms with Gasteiger partial charge in [0.05, 0.1) is 5.69 Å². The van der Waals surface area contributed by atoms with Gasteiger partial charge in [-0.3, -0.25) is 4.79 Å². The fourth-order valence-corrected chi connectivity index (χ4v) is 4.62. The lowest BCUT2D eigenvalue weighted by Crippen LogP contribution is -2.34. The number of piperidine rings is 2. The predicted octanol–water partition coefficient (Wildman–Crippen LogP) is 4.86. The highest BCUT2D eigenvalue weighted by atomic mass is 16.3. The summed E-state index contributed by atoms with van der Waals surface area (Å²) < 4.78 is 0. The van der Waals surface area contributed by atoms with Gasteiger partial charge < -0.3 is 25.5 Å². The molecule has 2 saturated heterocycles. The summed E-state index contributed by atoms with van der Waals surface area (Å²) in [6.07, 6.45) is 7.01. The molecule has 9 heteroatoms. The lowest BCUT2D eigenvalue weighted by Gasteiger charge is -2.30. The Morgan fingerprint density at radius 3 is 1.94 bits per heavy atom. The molecular weight excluding hydrogens is 454 g/mol. The maximum absolute atomic E-state index is 12.6. The molecule has 0 bridgehead atoms. The number of hydrogen-bond donors (Lipinski definition) is 3. The smallest absolute Gasteiger partial charge is 0.255 e. The maximum Gasteiger partial charge on any atom is 0.255 e. The summed E-state index contributed by atoms with van der Waals surface area (Å²) in [5.41, 5.74) is 2.57. The number of phenols is 1. The van der Waals surface area contributed by atoms with Crippen LogP contribution in [-0.4, -0.2) is 52.1 Å². The molecule has 2 aliphatic rings. The molecule has 188 valence electrons. The van der Waals surface area contributed by atoms with Crippen molar-refractivity contribution in [2.24, 2.45) is 0 Å². The van der Waals surface area contributed by atoms with E-state index in [0.29, 0.717) is 34.8 Å². The number of nitrogens with one attached hydrogen (secondary N) is 2. The number of benzene rings is 2. The average molecular weight is 488 g/mol. The molecule has 36 heavy (non-hydrogen) atoms. The van der Waals surface area contributed by atoms with Crippen LogP contribution in [0.4, 0.5) is 29.2 Å². The van der Waals surface area contributed by atoms with Gasteiger partial charge in [0.25, 0.3) is 5.91 Å². The number of aryl methyl sites for hydroxylation is 1. The van der Waals surface area contributed by atoms with Gasteiger partial charge in [-0.05, 0) is 69.7 Å². The summed E-state index contributed by atoms with van der Waals surface area (Å²) in [4.78, 5) is 31.2. The van der Waals surface area contributed by atoms with E-state index < -0.39 is 0 Å². The summed E-state index contributed by atoms with van der Waals surface area (Å²) >= 11 is 0. The summed E-state index contributed by atoms with van der Waals surface area (Å²) in [7, 11) is 0. The number of anilines is 5. The van der Waals surface area contributed by atoms with E-state index in [-0.39, 0.29) is 11.7 Å². The first-order valence-electron chi connectivity index (χ1n) is 12.8. The highest BCUT2D eigenvalue weighted by Crippen LogP contribution is 2.30. The summed E-state index contributed by atoms with van der Waals surface area (Å²) in [5.74, 6) is 1.52. The van der Waals surface area contributed by atoms with Gasteiger partial charge in [0.15, 0.2) is 0 Å². The fraction of sp³-hybridized carbons (Fsp3) is 0.407. The summed E-state index contributed by atoms with van der Waals surface area (Å²) in [6, 6.07) is 12.3. The number of carbonyl (C=O) groups excluding carboxylic acids is 1. The second-order valence-corrected chi connectivity index (χ2v) is 9.53. The zero-order valence-corrected chi connectivity index (χ0v) is 20.7. The van der Waals surface area contributed by atoms with E-state index in [1.54, 1.807) is 30.3 Å². The van der Waals surface area contributed by atoms with E-state index in [0.717, 1.165) is 57.4 Å². The average Bonchev–Trinajstić information content (AvgIpc) is 2.91. The number of carbonyl (C=O) groups is 1. The van der Waals surface area contributed by atoms with Crippen LogP contribution in [0.25, 0.3) is 0 Å². The van der Waals surface area contributed by atoms with Crippen LogP contribution in [0, 0.1) is 6.92 Å². The standard InChI is InChI=1S/C27H33N7O2/c1-19-8-10-20(11-9-19)24(36)29-22-13-12-21(18-23(22)35)28-25-30-26(33-14-4-2-5-15-33)32-27(31-25)34-16-6-3-7-17-34/h8-13,18,35H,2-7,14-17H2,1H3,(H,29,36)(H,28,30,31,32). The minimum Gasteiger partial charge on any atom is -0.506 e. The number of aromatic nitrogens is 3. The third kappa shape index (κ3) is 5.67. The molecule has 0 unspecified atom stereocenters. The van der Waals surface area contributed by atoms with Gasteiger partial charge in [-0.2, -0.15) is 15.0 Å². The van der Waals surface area contributed by atoms with Crippen molar-refractivity contribution in [2.75, 3.05) is 46.6 Å². The van der Waals surface area contributed by atoms with Crippen molar-refractivity contribution in [3.63, 3.8) is 0 Å². The monoisotopic (exact) mass is 487 g/mol. The van der Waals surface area contributed by atoms with E-state index in [1.165, 1.54) is 12.8 Å². The Hall–Kier alpha value is -3.88. The molecule has 3 N–H and O–H groups in total. The Labute approximate surface area is 211 Å². The van der Waals surface area contributed by atoms with Gasteiger partial charge in [0, 0.05) is 43.5 Å². The number of hydrogen-bond acceptors (Lipinski definition) is 8. The third-order valence-corrected chi connectivity index (χ3v) is 6.71. The maximum atomic E-state index is 12.6. The van der Waals surface area contributed by atoms with E-state index in [9.17, 15) is 9.90 Å². The molecule has 0 spiro atoms. The normalized spacial score (nSPS) is 16.0. The van der Waals surface area contributed by atoms with Crippen LogP contribution in [-0.2, 0) is 0 Å². The zero-order valence-electron chi connectivity index (χ0n) is 20.7. The van der Waals surface area contributed by atoms with Gasteiger partial charge in [-0.15, -0.1) is 0 Å². The third-order valence-electron chi connectivity index (χ3n) is 6.71. The van der Waals surface area contributed by atoms with E-state index in [1.807, 2.05) is 19.1 Å². The van der Waals surface area contributed by atoms with Crippen LogP contribution in [0.15, 0.2) is 42.5 Å². The van der Waals surface area contributed by atoms with Crippen molar-refractivity contribution in [3.8, 4) is 5.75 Å². The number of nitrogens with zero attached hydrogens (tertiary/aromatic N) is 5. The van der Waals surface area contributed by atoms with Gasteiger partial charge in [0.2, 0.25) is 17.8 Å². The largest absolute Gasteiger partial charge is 0.506 e. The van der Waals surface area contributed by atoms with Crippen LogP contribution in [0.3, 0.4) is 0 Å². The molecule has 9 nitrogen and oxygen atoms in total. The molecule has 2 aliphatic heterocycles. The Kier molecular flexibility index (Phi) is 7.16. The Balaban J connectivity index is 1.35. The fourth-order valence-electron chi connectivity index (χ4n) is 4.62. The van der Waals surface area contributed by atoms with E-state index in [4.69, 9.17) is 15.0 Å².